The molecule has 1 atom stereocenters. The maximum absolute atomic E-state index is 2.39. The highest BCUT2D eigenvalue weighted by atomic mass is 14.2. The molecule has 0 aromatic heterocycles. The van der Waals surface area contributed by atoms with Crippen molar-refractivity contribution in [3.63, 3.8) is 0 Å². The molecule has 3 aromatic rings. The summed E-state index contributed by atoms with van der Waals surface area (Å²) in [6, 6.07) is 22.8. The average molecular weight is 357 g/mol. The van der Waals surface area contributed by atoms with E-state index in [-0.39, 0.29) is 0 Å². The first kappa shape index (κ1) is 19.4. The fourth-order valence-corrected chi connectivity index (χ4v) is 4.08. The lowest BCUT2D eigenvalue weighted by Gasteiger charge is -2.24. The normalized spacial score (nSPS) is 12.4. The van der Waals surface area contributed by atoms with E-state index in [1.165, 1.54) is 44.5 Å². The standard InChI is InChI=1S/C27H32/c1-18-9-7-11-24(13-18)27(25-12-8-10-19(2)14-25)17-22(5)26-15-20(3)23(6)21(4)16-26/h7-16,22,27H,17H2,1-6H3. The molecular formula is C27H32. The smallest absolute Gasteiger partial charge is 0.00952 e. The minimum absolute atomic E-state index is 0.418. The number of benzene rings is 3. The summed E-state index contributed by atoms with van der Waals surface area (Å²) >= 11 is 0. The van der Waals surface area contributed by atoms with Crippen molar-refractivity contribution in [1.82, 2.24) is 0 Å². The summed E-state index contributed by atoms with van der Waals surface area (Å²) in [5, 5.41) is 0. The van der Waals surface area contributed by atoms with Crippen LogP contribution in [0.25, 0.3) is 0 Å². The molecule has 1 unspecified atom stereocenters. The molecule has 0 spiro atoms. The zero-order valence-corrected chi connectivity index (χ0v) is 17.6. The van der Waals surface area contributed by atoms with Crippen LogP contribution in [-0.2, 0) is 0 Å². The summed E-state index contributed by atoms with van der Waals surface area (Å²) in [4.78, 5) is 0. The zero-order valence-electron chi connectivity index (χ0n) is 17.6. The summed E-state index contributed by atoms with van der Waals surface area (Å²) in [6.45, 7) is 13.4. The lowest BCUT2D eigenvalue weighted by atomic mass is 9.80. The summed E-state index contributed by atoms with van der Waals surface area (Å²) < 4.78 is 0. The monoisotopic (exact) mass is 356 g/mol. The molecule has 0 aliphatic carbocycles. The highest BCUT2D eigenvalue weighted by Crippen LogP contribution is 2.36. The van der Waals surface area contributed by atoms with Crippen molar-refractivity contribution < 1.29 is 0 Å². The number of hydrogen-bond donors (Lipinski definition) is 0. The lowest BCUT2D eigenvalue weighted by molar-refractivity contribution is 0.615. The third kappa shape index (κ3) is 4.50. The topological polar surface area (TPSA) is 0 Å². The maximum Gasteiger partial charge on any atom is 0.00952 e. The average Bonchev–Trinajstić information content (AvgIpc) is 2.63. The molecule has 3 aromatic carbocycles. The van der Waals surface area contributed by atoms with E-state index < -0.39 is 0 Å². The molecule has 0 N–H and O–H groups in total. The van der Waals surface area contributed by atoms with Crippen molar-refractivity contribution in [1.29, 1.82) is 0 Å². The van der Waals surface area contributed by atoms with Crippen LogP contribution >= 0.6 is 0 Å². The third-order valence-electron chi connectivity index (χ3n) is 6.00. The van der Waals surface area contributed by atoms with E-state index in [1.54, 1.807) is 0 Å². The molecule has 0 nitrogen and oxygen atoms in total. The van der Waals surface area contributed by atoms with Gasteiger partial charge in [0.2, 0.25) is 0 Å². The van der Waals surface area contributed by atoms with Crippen LogP contribution in [0.1, 0.15) is 69.7 Å². The van der Waals surface area contributed by atoms with Gasteiger partial charge in [0.05, 0.1) is 0 Å². The van der Waals surface area contributed by atoms with E-state index in [0.29, 0.717) is 11.8 Å². The Labute approximate surface area is 165 Å². The van der Waals surface area contributed by atoms with Crippen molar-refractivity contribution in [2.45, 2.75) is 59.8 Å². The molecule has 0 amide bonds. The molecule has 0 heterocycles. The maximum atomic E-state index is 2.39. The van der Waals surface area contributed by atoms with Crippen LogP contribution in [0.5, 0.6) is 0 Å². The van der Waals surface area contributed by atoms with Gasteiger partial charge in [-0.05, 0) is 80.3 Å². The van der Waals surface area contributed by atoms with Crippen molar-refractivity contribution in [2.75, 3.05) is 0 Å². The molecule has 0 bridgehead atoms. The predicted molar refractivity (Wildman–Crippen MR) is 118 cm³/mol. The first-order chi connectivity index (χ1) is 12.8. The first-order valence-electron chi connectivity index (χ1n) is 10.1. The van der Waals surface area contributed by atoms with Gasteiger partial charge >= 0.3 is 0 Å². The number of rotatable bonds is 5. The second kappa shape index (κ2) is 8.13. The van der Waals surface area contributed by atoms with Crippen molar-refractivity contribution in [3.05, 3.63) is 105 Å². The third-order valence-corrected chi connectivity index (χ3v) is 6.00. The second-order valence-corrected chi connectivity index (χ2v) is 8.30. The van der Waals surface area contributed by atoms with E-state index in [2.05, 4.69) is 102 Å². The van der Waals surface area contributed by atoms with Gasteiger partial charge in [0.1, 0.15) is 0 Å². The van der Waals surface area contributed by atoms with Crippen molar-refractivity contribution >= 4 is 0 Å². The molecule has 3 rings (SSSR count). The predicted octanol–water partition coefficient (Wildman–Crippen LogP) is 7.55. The van der Waals surface area contributed by atoms with Gasteiger partial charge in [0.25, 0.3) is 0 Å². The summed E-state index contributed by atoms with van der Waals surface area (Å²) in [5.74, 6) is 0.927. The molecule has 0 heteroatoms. The Morgan fingerprint density at radius 1 is 0.630 bits per heavy atom. The molecule has 0 aliphatic rings. The van der Waals surface area contributed by atoms with Gasteiger partial charge in [0.15, 0.2) is 0 Å². The Hall–Kier alpha value is -2.34. The fourth-order valence-electron chi connectivity index (χ4n) is 4.08. The minimum atomic E-state index is 0.418. The van der Waals surface area contributed by atoms with Gasteiger partial charge in [-0.1, -0.05) is 78.7 Å². The Kier molecular flexibility index (Phi) is 5.85. The molecule has 0 saturated heterocycles. The van der Waals surface area contributed by atoms with Crippen LogP contribution in [0.4, 0.5) is 0 Å². The van der Waals surface area contributed by atoms with Crippen LogP contribution < -0.4 is 0 Å². The quantitative estimate of drug-likeness (QED) is 0.442. The van der Waals surface area contributed by atoms with E-state index in [0.717, 1.165) is 6.42 Å². The van der Waals surface area contributed by atoms with Crippen LogP contribution in [-0.4, -0.2) is 0 Å². The molecule has 140 valence electrons. The van der Waals surface area contributed by atoms with Crippen LogP contribution in [0, 0.1) is 34.6 Å². The second-order valence-electron chi connectivity index (χ2n) is 8.30. The Balaban J connectivity index is 1.98. The summed E-state index contributed by atoms with van der Waals surface area (Å²) in [5.41, 5.74) is 11.2. The number of hydrogen-bond acceptors (Lipinski definition) is 0. The van der Waals surface area contributed by atoms with Crippen LogP contribution in [0.15, 0.2) is 60.7 Å². The van der Waals surface area contributed by atoms with E-state index in [9.17, 15) is 0 Å². The van der Waals surface area contributed by atoms with Crippen molar-refractivity contribution in [2.24, 2.45) is 0 Å². The Morgan fingerprint density at radius 3 is 1.56 bits per heavy atom. The highest BCUT2D eigenvalue weighted by molar-refractivity contribution is 5.40. The van der Waals surface area contributed by atoms with E-state index in [4.69, 9.17) is 0 Å². The first-order valence-corrected chi connectivity index (χ1v) is 10.1. The molecular weight excluding hydrogens is 324 g/mol. The summed E-state index contributed by atoms with van der Waals surface area (Å²) in [6.07, 6.45) is 1.12. The van der Waals surface area contributed by atoms with Gasteiger partial charge < -0.3 is 0 Å². The van der Waals surface area contributed by atoms with Gasteiger partial charge in [-0.3, -0.25) is 0 Å². The van der Waals surface area contributed by atoms with Gasteiger partial charge in [-0.2, -0.15) is 0 Å². The zero-order chi connectivity index (χ0) is 19.6. The molecule has 27 heavy (non-hydrogen) atoms. The fraction of sp³-hybridized carbons (Fsp3) is 0.333. The van der Waals surface area contributed by atoms with Crippen LogP contribution in [0.2, 0.25) is 0 Å². The Morgan fingerprint density at radius 2 is 1.11 bits per heavy atom. The largest absolute Gasteiger partial charge is 0.0617 e. The van der Waals surface area contributed by atoms with Crippen molar-refractivity contribution in [3.8, 4) is 0 Å². The van der Waals surface area contributed by atoms with E-state index in [1.807, 2.05) is 0 Å². The van der Waals surface area contributed by atoms with E-state index >= 15 is 0 Å². The highest BCUT2D eigenvalue weighted by Gasteiger charge is 2.19. The minimum Gasteiger partial charge on any atom is -0.0617 e. The summed E-state index contributed by atoms with van der Waals surface area (Å²) in [7, 11) is 0. The molecule has 0 radical (unpaired) electrons. The SMILES string of the molecule is Cc1cccc(C(CC(C)c2cc(C)c(C)c(C)c2)c2cccc(C)c2)c1. The Bertz CT molecular complexity index is 864. The van der Waals surface area contributed by atoms with Crippen LogP contribution in [0.3, 0.4) is 0 Å². The van der Waals surface area contributed by atoms with Gasteiger partial charge in [0, 0.05) is 5.92 Å². The van der Waals surface area contributed by atoms with Gasteiger partial charge in [-0.15, -0.1) is 0 Å². The van der Waals surface area contributed by atoms with Gasteiger partial charge in [-0.25, -0.2) is 0 Å². The number of aryl methyl sites for hydroxylation is 4. The molecule has 0 aliphatic heterocycles. The molecule has 0 fully saturated rings. The molecule has 0 saturated carbocycles. The lowest BCUT2D eigenvalue weighted by Crippen LogP contribution is -2.07.